The minimum Gasteiger partial charge on any atom is -0.493 e. The number of methoxy groups -OCH3 is 2. The van der Waals surface area contributed by atoms with E-state index in [2.05, 4.69) is 53.0 Å². The molecule has 146 valence electrons. The summed E-state index contributed by atoms with van der Waals surface area (Å²) >= 11 is 0. The van der Waals surface area contributed by atoms with Crippen molar-refractivity contribution in [3.05, 3.63) is 59.0 Å². The van der Waals surface area contributed by atoms with Crippen LogP contribution in [0.4, 0.5) is 0 Å². The first-order chi connectivity index (χ1) is 13.6. The van der Waals surface area contributed by atoms with Crippen molar-refractivity contribution in [3.8, 4) is 22.9 Å². The Labute approximate surface area is 164 Å². The molecule has 0 spiro atoms. The molecule has 7 heteroatoms. The largest absolute Gasteiger partial charge is 0.493 e. The second-order valence-corrected chi connectivity index (χ2v) is 7.02. The number of hydrogen-bond acceptors (Lipinski definition) is 7. The fraction of sp³-hybridized carbons (Fsp3) is 0.333. The van der Waals surface area contributed by atoms with E-state index < -0.39 is 0 Å². The number of nitrogens with one attached hydrogen (secondary N) is 2. The highest BCUT2D eigenvalue weighted by atomic mass is 16.5. The highest BCUT2D eigenvalue weighted by molar-refractivity contribution is 5.60. The van der Waals surface area contributed by atoms with Crippen molar-refractivity contribution in [2.75, 3.05) is 14.2 Å². The van der Waals surface area contributed by atoms with E-state index >= 15 is 0 Å². The van der Waals surface area contributed by atoms with Crippen molar-refractivity contribution < 1.29 is 14.0 Å². The van der Waals surface area contributed by atoms with Gasteiger partial charge in [-0.25, -0.2) is 10.9 Å². The maximum absolute atomic E-state index is 5.54. The molecular formula is C21H24N4O3. The average Bonchev–Trinajstić information content (AvgIpc) is 3.38. The number of nitrogens with zero attached hydrogens (tertiary/aromatic N) is 2. The second-order valence-electron chi connectivity index (χ2n) is 7.02. The van der Waals surface area contributed by atoms with Gasteiger partial charge < -0.3 is 14.0 Å². The summed E-state index contributed by atoms with van der Waals surface area (Å²) in [5.41, 5.74) is 11.3. The highest BCUT2D eigenvalue weighted by Gasteiger charge is 2.31. The average molecular weight is 380 g/mol. The minimum atomic E-state index is -0.0497. The molecule has 0 amide bonds. The third-order valence-electron chi connectivity index (χ3n) is 5.09. The molecule has 2 N–H and O–H groups in total. The summed E-state index contributed by atoms with van der Waals surface area (Å²) in [5.74, 6) is 2.37. The topological polar surface area (TPSA) is 81.4 Å². The van der Waals surface area contributed by atoms with Gasteiger partial charge in [-0.3, -0.25) is 0 Å². The van der Waals surface area contributed by atoms with Crippen LogP contribution in [0.5, 0.6) is 11.5 Å². The van der Waals surface area contributed by atoms with Crippen LogP contribution >= 0.6 is 0 Å². The minimum absolute atomic E-state index is 0.0497. The van der Waals surface area contributed by atoms with Crippen molar-refractivity contribution in [2.24, 2.45) is 0 Å². The number of hydrogen-bond donors (Lipinski definition) is 2. The Morgan fingerprint density at radius 1 is 0.964 bits per heavy atom. The standard InChI is InChI=1S/C21H24N4O3/c1-12-5-6-13(2)15(9-12)16-11-17(24-23-16)21-22-20(25-28-21)14-7-8-18(26-3)19(10-14)27-4/h5-10,16-17,23-24H,11H2,1-4H3. The van der Waals surface area contributed by atoms with Gasteiger partial charge in [-0.05, 0) is 49.6 Å². The second kappa shape index (κ2) is 7.61. The highest BCUT2D eigenvalue weighted by Crippen LogP contribution is 2.34. The molecule has 2 aromatic carbocycles. The summed E-state index contributed by atoms with van der Waals surface area (Å²) in [6, 6.07) is 12.2. The van der Waals surface area contributed by atoms with E-state index in [1.807, 2.05) is 18.2 Å². The van der Waals surface area contributed by atoms with E-state index in [1.54, 1.807) is 14.2 Å². The molecule has 1 aromatic heterocycles. The molecule has 7 nitrogen and oxygen atoms in total. The summed E-state index contributed by atoms with van der Waals surface area (Å²) in [6.07, 6.45) is 0.831. The van der Waals surface area contributed by atoms with E-state index in [-0.39, 0.29) is 12.1 Å². The van der Waals surface area contributed by atoms with Gasteiger partial charge in [-0.15, -0.1) is 0 Å². The molecule has 0 bridgehead atoms. The number of rotatable bonds is 5. The number of hydrazine groups is 1. The zero-order valence-corrected chi connectivity index (χ0v) is 16.4. The van der Waals surface area contributed by atoms with Crippen molar-refractivity contribution in [1.82, 2.24) is 21.0 Å². The molecule has 0 aliphatic carbocycles. The first kappa shape index (κ1) is 18.5. The zero-order chi connectivity index (χ0) is 19.7. The fourth-order valence-electron chi connectivity index (χ4n) is 3.53. The molecule has 28 heavy (non-hydrogen) atoms. The molecule has 2 unspecified atom stereocenters. The summed E-state index contributed by atoms with van der Waals surface area (Å²) < 4.78 is 16.2. The van der Waals surface area contributed by atoms with Crippen molar-refractivity contribution in [2.45, 2.75) is 32.4 Å². The number of benzene rings is 2. The van der Waals surface area contributed by atoms with Crippen LogP contribution in [-0.4, -0.2) is 24.4 Å². The van der Waals surface area contributed by atoms with Crippen LogP contribution in [0.3, 0.4) is 0 Å². The summed E-state index contributed by atoms with van der Waals surface area (Å²) in [6.45, 7) is 4.24. The molecule has 2 heterocycles. The lowest BCUT2D eigenvalue weighted by molar-refractivity contribution is 0.340. The molecule has 1 aliphatic heterocycles. The van der Waals surface area contributed by atoms with Gasteiger partial charge in [0.2, 0.25) is 11.7 Å². The number of aromatic nitrogens is 2. The molecule has 0 saturated carbocycles. The number of aryl methyl sites for hydroxylation is 2. The molecule has 1 saturated heterocycles. The van der Waals surface area contributed by atoms with E-state index in [0.29, 0.717) is 23.2 Å². The first-order valence-electron chi connectivity index (χ1n) is 9.23. The van der Waals surface area contributed by atoms with Gasteiger partial charge in [0.25, 0.3) is 0 Å². The van der Waals surface area contributed by atoms with Gasteiger partial charge in [-0.1, -0.05) is 28.9 Å². The molecule has 2 atom stereocenters. The molecular weight excluding hydrogens is 356 g/mol. The van der Waals surface area contributed by atoms with E-state index in [0.717, 1.165) is 12.0 Å². The van der Waals surface area contributed by atoms with Gasteiger partial charge in [0.1, 0.15) is 6.04 Å². The summed E-state index contributed by atoms with van der Waals surface area (Å²) in [5, 5.41) is 4.14. The lowest BCUT2D eigenvalue weighted by Gasteiger charge is -2.13. The maximum atomic E-state index is 5.54. The normalized spacial score (nSPS) is 19.0. The Kier molecular flexibility index (Phi) is 5.02. The van der Waals surface area contributed by atoms with Gasteiger partial charge in [0.05, 0.1) is 14.2 Å². The monoisotopic (exact) mass is 380 g/mol. The van der Waals surface area contributed by atoms with E-state index in [9.17, 15) is 0 Å². The van der Waals surface area contributed by atoms with Crippen molar-refractivity contribution in [1.29, 1.82) is 0 Å². The van der Waals surface area contributed by atoms with Crippen LogP contribution in [0, 0.1) is 13.8 Å². The zero-order valence-electron chi connectivity index (χ0n) is 16.4. The molecule has 0 radical (unpaired) electrons. The third kappa shape index (κ3) is 3.46. The van der Waals surface area contributed by atoms with Crippen LogP contribution in [-0.2, 0) is 0 Å². The molecule has 4 rings (SSSR count). The van der Waals surface area contributed by atoms with Gasteiger partial charge in [0, 0.05) is 11.6 Å². The van der Waals surface area contributed by atoms with Crippen LogP contribution in [0.15, 0.2) is 40.9 Å². The van der Waals surface area contributed by atoms with Gasteiger partial charge >= 0.3 is 0 Å². The maximum Gasteiger partial charge on any atom is 0.245 e. The van der Waals surface area contributed by atoms with Crippen LogP contribution in [0.1, 0.15) is 41.1 Å². The Morgan fingerprint density at radius 2 is 1.75 bits per heavy atom. The number of ether oxygens (including phenoxy) is 2. The Balaban J connectivity index is 1.53. The molecule has 1 aliphatic rings. The lowest BCUT2D eigenvalue weighted by atomic mass is 9.96. The quantitative estimate of drug-likeness (QED) is 0.699. The molecule has 3 aromatic rings. The predicted molar refractivity (Wildman–Crippen MR) is 105 cm³/mol. The van der Waals surface area contributed by atoms with Crippen molar-refractivity contribution in [3.63, 3.8) is 0 Å². The summed E-state index contributed by atoms with van der Waals surface area (Å²) in [7, 11) is 3.21. The smallest absolute Gasteiger partial charge is 0.245 e. The molecule has 1 fully saturated rings. The summed E-state index contributed by atoms with van der Waals surface area (Å²) in [4.78, 5) is 4.58. The van der Waals surface area contributed by atoms with Crippen molar-refractivity contribution >= 4 is 0 Å². The Hall–Kier alpha value is -2.90. The SMILES string of the molecule is COc1ccc(-c2noc(C3CC(c4cc(C)ccc4C)NN3)n2)cc1OC. The van der Waals surface area contributed by atoms with Gasteiger partial charge in [-0.2, -0.15) is 4.98 Å². The van der Waals surface area contributed by atoms with Gasteiger partial charge in [0.15, 0.2) is 11.5 Å². The Morgan fingerprint density at radius 3 is 2.54 bits per heavy atom. The lowest BCUT2D eigenvalue weighted by Crippen LogP contribution is -2.27. The predicted octanol–water partition coefficient (Wildman–Crippen LogP) is 3.65. The van der Waals surface area contributed by atoms with Crippen LogP contribution < -0.4 is 20.3 Å². The van der Waals surface area contributed by atoms with E-state index in [1.165, 1.54) is 16.7 Å². The Bertz CT molecular complexity index is 986. The van der Waals surface area contributed by atoms with Crippen LogP contribution in [0.2, 0.25) is 0 Å². The van der Waals surface area contributed by atoms with E-state index in [4.69, 9.17) is 14.0 Å². The first-order valence-corrected chi connectivity index (χ1v) is 9.23. The van der Waals surface area contributed by atoms with Crippen LogP contribution in [0.25, 0.3) is 11.4 Å². The third-order valence-corrected chi connectivity index (χ3v) is 5.09. The fourth-order valence-corrected chi connectivity index (χ4v) is 3.53.